The molecule has 0 fully saturated rings. The Morgan fingerprint density at radius 3 is 2.95 bits per heavy atom. The molecule has 19 heavy (non-hydrogen) atoms. The van der Waals surface area contributed by atoms with E-state index < -0.39 is 5.97 Å². The Kier molecular flexibility index (Phi) is 3.96. The van der Waals surface area contributed by atoms with E-state index in [0.29, 0.717) is 5.82 Å². The second-order valence-electron chi connectivity index (χ2n) is 4.02. The number of hydrogen-bond acceptors (Lipinski definition) is 4. The topological polar surface area (TPSA) is 84.2 Å². The van der Waals surface area contributed by atoms with Gasteiger partial charge in [-0.1, -0.05) is 6.07 Å². The van der Waals surface area contributed by atoms with Gasteiger partial charge in [0.05, 0.1) is 5.92 Å². The highest BCUT2D eigenvalue weighted by molar-refractivity contribution is 7.10. The highest BCUT2D eigenvalue weighted by atomic mass is 32.1. The number of aromatic nitrogens is 2. The lowest BCUT2D eigenvalue weighted by molar-refractivity contribution is -0.137. The fourth-order valence-electron chi connectivity index (χ4n) is 1.56. The van der Waals surface area contributed by atoms with Crippen LogP contribution in [0.3, 0.4) is 0 Å². The van der Waals surface area contributed by atoms with Crippen LogP contribution in [0.5, 0.6) is 0 Å². The van der Waals surface area contributed by atoms with Crippen molar-refractivity contribution in [2.75, 3.05) is 5.32 Å². The number of nitrogens with zero attached hydrogens (tertiary/aromatic N) is 2. The third kappa shape index (κ3) is 3.41. The highest BCUT2D eigenvalue weighted by Gasteiger charge is 2.17. The standard InChI is InChI=1S/C12H13N3O3S/c1-8(9-3-2-6-19-9)12(18)13-10-4-5-15(14-10)7-11(16)17/h2-6,8H,7H2,1H3,(H,16,17)(H,13,14,18). The van der Waals surface area contributed by atoms with Crippen molar-refractivity contribution in [3.8, 4) is 0 Å². The van der Waals surface area contributed by atoms with Crippen LogP contribution in [0.2, 0.25) is 0 Å². The zero-order valence-electron chi connectivity index (χ0n) is 10.2. The van der Waals surface area contributed by atoms with Gasteiger partial charge >= 0.3 is 5.97 Å². The molecule has 0 radical (unpaired) electrons. The zero-order chi connectivity index (χ0) is 13.8. The van der Waals surface area contributed by atoms with Gasteiger partial charge in [-0.05, 0) is 18.4 Å². The Bertz CT molecular complexity index is 577. The first-order valence-electron chi connectivity index (χ1n) is 5.66. The van der Waals surface area contributed by atoms with Crippen molar-refractivity contribution in [3.05, 3.63) is 34.7 Å². The molecular formula is C12H13N3O3S. The zero-order valence-corrected chi connectivity index (χ0v) is 11.1. The number of amides is 1. The molecule has 0 aromatic carbocycles. The van der Waals surface area contributed by atoms with Gasteiger partial charge in [0.1, 0.15) is 6.54 Å². The van der Waals surface area contributed by atoms with E-state index >= 15 is 0 Å². The number of nitrogens with one attached hydrogen (secondary N) is 1. The Morgan fingerprint density at radius 1 is 1.53 bits per heavy atom. The van der Waals surface area contributed by atoms with Gasteiger partial charge in [0.2, 0.25) is 5.91 Å². The molecule has 100 valence electrons. The van der Waals surface area contributed by atoms with Crippen molar-refractivity contribution in [1.82, 2.24) is 9.78 Å². The summed E-state index contributed by atoms with van der Waals surface area (Å²) >= 11 is 1.52. The summed E-state index contributed by atoms with van der Waals surface area (Å²) in [5.41, 5.74) is 0. The van der Waals surface area contributed by atoms with Gasteiger partial charge in [0.25, 0.3) is 0 Å². The maximum Gasteiger partial charge on any atom is 0.325 e. The van der Waals surface area contributed by atoms with Gasteiger partial charge in [-0.3, -0.25) is 14.3 Å². The summed E-state index contributed by atoms with van der Waals surface area (Å²) in [5.74, 6) is -1.05. The lowest BCUT2D eigenvalue weighted by Gasteiger charge is -2.08. The molecule has 0 aliphatic heterocycles. The third-order valence-corrected chi connectivity index (χ3v) is 3.61. The quantitative estimate of drug-likeness (QED) is 0.873. The van der Waals surface area contributed by atoms with Crippen LogP contribution in [0.1, 0.15) is 17.7 Å². The van der Waals surface area contributed by atoms with E-state index in [1.165, 1.54) is 22.2 Å². The number of thiophene rings is 1. The number of carbonyl (C=O) groups excluding carboxylic acids is 1. The number of carbonyl (C=O) groups is 2. The molecule has 2 aromatic rings. The normalized spacial score (nSPS) is 12.1. The average Bonchev–Trinajstić information content (AvgIpc) is 2.98. The average molecular weight is 279 g/mol. The molecule has 0 saturated heterocycles. The molecule has 2 heterocycles. The van der Waals surface area contributed by atoms with Crippen LogP contribution in [-0.4, -0.2) is 26.8 Å². The Labute approximate surface area is 113 Å². The third-order valence-electron chi connectivity index (χ3n) is 2.55. The van der Waals surface area contributed by atoms with Crippen molar-refractivity contribution in [2.24, 2.45) is 0 Å². The van der Waals surface area contributed by atoms with E-state index in [1.54, 1.807) is 6.07 Å². The first-order valence-corrected chi connectivity index (χ1v) is 6.53. The van der Waals surface area contributed by atoms with Crippen LogP contribution in [-0.2, 0) is 16.1 Å². The van der Waals surface area contributed by atoms with Crippen molar-refractivity contribution < 1.29 is 14.7 Å². The Balaban J connectivity index is 1.99. The molecular weight excluding hydrogens is 266 g/mol. The Hall–Kier alpha value is -2.15. The molecule has 0 bridgehead atoms. The monoisotopic (exact) mass is 279 g/mol. The summed E-state index contributed by atoms with van der Waals surface area (Å²) in [6.07, 6.45) is 1.51. The van der Waals surface area contributed by atoms with Crippen LogP contribution in [0.15, 0.2) is 29.8 Å². The summed E-state index contributed by atoms with van der Waals surface area (Å²) < 4.78 is 1.26. The maximum atomic E-state index is 12.0. The Morgan fingerprint density at radius 2 is 2.32 bits per heavy atom. The first kappa shape index (κ1) is 13.3. The van der Waals surface area contributed by atoms with Gasteiger partial charge < -0.3 is 10.4 Å². The highest BCUT2D eigenvalue weighted by Crippen LogP contribution is 2.21. The second kappa shape index (κ2) is 5.66. The van der Waals surface area contributed by atoms with E-state index in [1.807, 2.05) is 24.4 Å². The lowest BCUT2D eigenvalue weighted by atomic mass is 10.1. The van der Waals surface area contributed by atoms with Crippen LogP contribution in [0.4, 0.5) is 5.82 Å². The van der Waals surface area contributed by atoms with Crippen molar-refractivity contribution in [1.29, 1.82) is 0 Å². The molecule has 1 atom stereocenters. The minimum atomic E-state index is -0.979. The minimum Gasteiger partial charge on any atom is -0.480 e. The predicted octanol–water partition coefficient (Wildman–Crippen LogP) is 1.77. The fraction of sp³-hybridized carbons (Fsp3) is 0.250. The first-order chi connectivity index (χ1) is 9.06. The summed E-state index contributed by atoms with van der Waals surface area (Å²) in [4.78, 5) is 23.5. The van der Waals surface area contributed by atoms with Gasteiger partial charge in [0.15, 0.2) is 5.82 Å². The smallest absolute Gasteiger partial charge is 0.325 e. The predicted molar refractivity (Wildman–Crippen MR) is 71.2 cm³/mol. The van der Waals surface area contributed by atoms with Gasteiger partial charge in [-0.2, -0.15) is 5.10 Å². The van der Waals surface area contributed by atoms with E-state index in [2.05, 4.69) is 10.4 Å². The molecule has 0 aliphatic carbocycles. The second-order valence-corrected chi connectivity index (χ2v) is 5.00. The summed E-state index contributed by atoms with van der Waals surface area (Å²) in [6, 6.07) is 5.37. The number of aliphatic carboxylic acids is 1. The molecule has 0 aliphatic rings. The summed E-state index contributed by atoms with van der Waals surface area (Å²) in [5, 5.41) is 17.2. The van der Waals surface area contributed by atoms with E-state index in [-0.39, 0.29) is 18.4 Å². The molecule has 2 rings (SSSR count). The number of rotatable bonds is 5. The van der Waals surface area contributed by atoms with Crippen LogP contribution < -0.4 is 5.32 Å². The molecule has 0 saturated carbocycles. The number of carboxylic acid groups (broad SMARTS) is 1. The fourth-order valence-corrected chi connectivity index (χ4v) is 2.34. The van der Waals surface area contributed by atoms with Crippen LogP contribution in [0, 0.1) is 0 Å². The van der Waals surface area contributed by atoms with Crippen molar-refractivity contribution in [3.63, 3.8) is 0 Å². The number of hydrogen-bond donors (Lipinski definition) is 2. The van der Waals surface area contributed by atoms with E-state index in [9.17, 15) is 9.59 Å². The SMILES string of the molecule is CC(C(=O)Nc1ccn(CC(=O)O)n1)c1cccs1. The summed E-state index contributed by atoms with van der Waals surface area (Å²) in [7, 11) is 0. The van der Waals surface area contributed by atoms with E-state index in [0.717, 1.165) is 4.88 Å². The van der Waals surface area contributed by atoms with Gasteiger partial charge in [-0.15, -0.1) is 11.3 Å². The van der Waals surface area contributed by atoms with Crippen LogP contribution >= 0.6 is 11.3 Å². The molecule has 1 amide bonds. The van der Waals surface area contributed by atoms with Crippen molar-refractivity contribution >= 4 is 29.0 Å². The largest absolute Gasteiger partial charge is 0.480 e. The molecule has 2 aromatic heterocycles. The molecule has 0 spiro atoms. The molecule has 6 nitrogen and oxygen atoms in total. The van der Waals surface area contributed by atoms with Crippen molar-refractivity contribution in [2.45, 2.75) is 19.4 Å². The molecule has 7 heteroatoms. The maximum absolute atomic E-state index is 12.0. The number of carboxylic acids is 1. The molecule has 2 N–H and O–H groups in total. The lowest BCUT2D eigenvalue weighted by Crippen LogP contribution is -2.19. The van der Waals surface area contributed by atoms with E-state index in [4.69, 9.17) is 5.11 Å². The van der Waals surface area contributed by atoms with Gasteiger partial charge in [0, 0.05) is 17.1 Å². The summed E-state index contributed by atoms with van der Waals surface area (Å²) in [6.45, 7) is 1.59. The van der Waals surface area contributed by atoms with Gasteiger partial charge in [-0.25, -0.2) is 0 Å². The minimum absolute atomic E-state index is 0.164. The van der Waals surface area contributed by atoms with Crippen LogP contribution in [0.25, 0.3) is 0 Å². The molecule has 1 unspecified atom stereocenters. The number of anilines is 1.